The zero-order valence-corrected chi connectivity index (χ0v) is 27.8. The molecule has 0 saturated heterocycles. The van der Waals surface area contributed by atoms with Crippen molar-refractivity contribution in [1.29, 1.82) is 0 Å². The van der Waals surface area contributed by atoms with Gasteiger partial charge < -0.3 is 15.0 Å². The molecule has 0 aliphatic heterocycles. The topological polar surface area (TPSA) is 96.0 Å². The van der Waals surface area contributed by atoms with Gasteiger partial charge in [0.2, 0.25) is 11.8 Å². The highest BCUT2D eigenvalue weighted by molar-refractivity contribution is 7.92. The number of para-hydroxylation sites is 2. The zero-order chi connectivity index (χ0) is 33.1. The second-order valence-electron chi connectivity index (χ2n) is 11.2. The number of sulfonamides is 1. The van der Waals surface area contributed by atoms with Gasteiger partial charge in [0.15, 0.2) is 0 Å². The van der Waals surface area contributed by atoms with E-state index >= 15 is 0 Å². The van der Waals surface area contributed by atoms with E-state index in [4.69, 9.17) is 4.74 Å². The van der Waals surface area contributed by atoms with E-state index in [1.54, 1.807) is 36.4 Å². The molecule has 4 rings (SSSR count). The highest BCUT2D eigenvalue weighted by atomic mass is 32.2. The van der Waals surface area contributed by atoms with Crippen LogP contribution in [0.1, 0.15) is 42.5 Å². The average Bonchev–Trinajstić information content (AvgIpc) is 3.06. The smallest absolute Gasteiger partial charge is 0.264 e. The van der Waals surface area contributed by atoms with E-state index < -0.39 is 28.5 Å². The van der Waals surface area contributed by atoms with Crippen LogP contribution in [-0.4, -0.2) is 50.9 Å². The van der Waals surface area contributed by atoms with Gasteiger partial charge in [-0.2, -0.15) is 0 Å². The van der Waals surface area contributed by atoms with Gasteiger partial charge in [-0.25, -0.2) is 8.42 Å². The standard InChI is InChI=1S/C37H43N3O5S/c1-5-24-38-37(42)34(25-30-15-8-7-9-16-30)39(26-31-17-11-10-14-29(31)4)36(41)27-40(33-18-12-13-19-35(33)45-6-2)46(43,44)32-22-20-28(3)21-23-32/h7-23,34H,5-6,24-27H2,1-4H3,(H,38,42)/t34-/m0/s1. The van der Waals surface area contributed by atoms with Crippen LogP contribution in [0.15, 0.2) is 108 Å². The molecule has 1 N–H and O–H groups in total. The molecule has 0 spiro atoms. The van der Waals surface area contributed by atoms with Gasteiger partial charge in [-0.3, -0.25) is 13.9 Å². The van der Waals surface area contributed by atoms with E-state index in [1.807, 2.05) is 82.3 Å². The number of nitrogens with zero attached hydrogens (tertiary/aromatic N) is 2. The van der Waals surface area contributed by atoms with E-state index in [0.29, 0.717) is 18.9 Å². The van der Waals surface area contributed by atoms with Crippen LogP contribution in [0.5, 0.6) is 5.75 Å². The number of carbonyl (C=O) groups excluding carboxylic acids is 2. The molecule has 2 amide bonds. The van der Waals surface area contributed by atoms with Gasteiger partial charge in [0.25, 0.3) is 10.0 Å². The SMILES string of the molecule is CCCNC(=O)[C@H](Cc1ccccc1)N(Cc1ccccc1C)C(=O)CN(c1ccccc1OCC)S(=O)(=O)c1ccc(C)cc1. The van der Waals surface area contributed by atoms with Crippen LogP contribution in [-0.2, 0) is 32.6 Å². The average molecular weight is 642 g/mol. The Labute approximate surface area is 273 Å². The maximum absolute atomic E-state index is 14.7. The molecule has 0 aromatic heterocycles. The Kier molecular flexibility index (Phi) is 12.0. The fourth-order valence-corrected chi connectivity index (χ4v) is 6.61. The van der Waals surface area contributed by atoms with Gasteiger partial charge in [-0.15, -0.1) is 0 Å². The lowest BCUT2D eigenvalue weighted by Gasteiger charge is -2.34. The van der Waals surface area contributed by atoms with Crippen molar-refractivity contribution in [3.05, 3.63) is 125 Å². The lowest BCUT2D eigenvalue weighted by Crippen LogP contribution is -2.53. The van der Waals surface area contributed by atoms with E-state index in [9.17, 15) is 18.0 Å². The number of aryl methyl sites for hydroxylation is 2. The van der Waals surface area contributed by atoms with Crippen molar-refractivity contribution >= 4 is 27.5 Å². The van der Waals surface area contributed by atoms with Crippen molar-refractivity contribution in [3.8, 4) is 5.75 Å². The molecule has 0 unspecified atom stereocenters. The normalized spacial score (nSPS) is 11.8. The third kappa shape index (κ3) is 8.54. The first kappa shape index (κ1) is 34.2. The highest BCUT2D eigenvalue weighted by Gasteiger charge is 2.35. The van der Waals surface area contributed by atoms with Crippen molar-refractivity contribution in [2.75, 3.05) is 24.0 Å². The largest absolute Gasteiger partial charge is 0.492 e. The first-order valence-corrected chi connectivity index (χ1v) is 17.1. The molecule has 46 heavy (non-hydrogen) atoms. The number of anilines is 1. The number of benzene rings is 4. The molecule has 9 heteroatoms. The third-order valence-electron chi connectivity index (χ3n) is 7.74. The molecule has 242 valence electrons. The van der Waals surface area contributed by atoms with Gasteiger partial charge in [0, 0.05) is 19.5 Å². The molecule has 0 heterocycles. The fraction of sp³-hybridized carbons (Fsp3) is 0.297. The summed E-state index contributed by atoms with van der Waals surface area (Å²) in [5.74, 6) is -0.478. The molecule has 0 saturated carbocycles. The molecule has 4 aromatic rings. The van der Waals surface area contributed by atoms with Crippen molar-refractivity contribution in [1.82, 2.24) is 10.2 Å². The van der Waals surface area contributed by atoms with Crippen molar-refractivity contribution < 1.29 is 22.7 Å². The number of hydrogen-bond acceptors (Lipinski definition) is 5. The summed E-state index contributed by atoms with van der Waals surface area (Å²) in [6.45, 7) is 7.94. The van der Waals surface area contributed by atoms with Crippen molar-refractivity contribution in [2.24, 2.45) is 0 Å². The van der Waals surface area contributed by atoms with Crippen molar-refractivity contribution in [3.63, 3.8) is 0 Å². The van der Waals surface area contributed by atoms with Crippen LogP contribution < -0.4 is 14.4 Å². The van der Waals surface area contributed by atoms with E-state index in [-0.39, 0.29) is 29.5 Å². The number of amides is 2. The minimum absolute atomic E-state index is 0.0455. The summed E-state index contributed by atoms with van der Waals surface area (Å²) in [7, 11) is -4.24. The molecule has 4 aromatic carbocycles. The summed E-state index contributed by atoms with van der Waals surface area (Å²) in [6, 6.07) is 29.6. The summed E-state index contributed by atoms with van der Waals surface area (Å²) in [5, 5.41) is 2.98. The maximum Gasteiger partial charge on any atom is 0.264 e. The number of carbonyl (C=O) groups is 2. The first-order valence-electron chi connectivity index (χ1n) is 15.6. The monoisotopic (exact) mass is 641 g/mol. The predicted octanol–water partition coefficient (Wildman–Crippen LogP) is 6.06. The molecule has 0 bridgehead atoms. The van der Waals surface area contributed by atoms with E-state index in [1.165, 1.54) is 17.0 Å². The molecule has 0 aliphatic rings. The lowest BCUT2D eigenvalue weighted by molar-refractivity contribution is -0.140. The van der Waals surface area contributed by atoms with Gasteiger partial charge in [0.1, 0.15) is 18.3 Å². The summed E-state index contributed by atoms with van der Waals surface area (Å²) < 4.78 is 35.6. The van der Waals surface area contributed by atoms with Crippen LogP contribution in [0, 0.1) is 13.8 Å². The maximum atomic E-state index is 14.7. The van der Waals surface area contributed by atoms with Crippen LogP contribution in [0.25, 0.3) is 0 Å². The minimum Gasteiger partial charge on any atom is -0.492 e. The lowest BCUT2D eigenvalue weighted by atomic mass is 10.0. The van der Waals surface area contributed by atoms with E-state index in [0.717, 1.165) is 33.0 Å². The molecule has 8 nitrogen and oxygen atoms in total. The van der Waals surface area contributed by atoms with Gasteiger partial charge in [-0.1, -0.05) is 91.3 Å². The molecular weight excluding hydrogens is 598 g/mol. The van der Waals surface area contributed by atoms with Crippen molar-refractivity contribution in [2.45, 2.75) is 58.0 Å². The quantitative estimate of drug-likeness (QED) is 0.170. The predicted molar refractivity (Wildman–Crippen MR) is 182 cm³/mol. The second-order valence-corrected chi connectivity index (χ2v) is 13.0. The number of hydrogen-bond donors (Lipinski definition) is 1. The van der Waals surface area contributed by atoms with Gasteiger partial charge >= 0.3 is 0 Å². The number of rotatable bonds is 15. The van der Waals surface area contributed by atoms with Gasteiger partial charge in [-0.05, 0) is 68.1 Å². The Morgan fingerprint density at radius 3 is 2.15 bits per heavy atom. The Morgan fingerprint density at radius 2 is 1.48 bits per heavy atom. The molecule has 0 fully saturated rings. The third-order valence-corrected chi connectivity index (χ3v) is 9.52. The molecule has 1 atom stereocenters. The van der Waals surface area contributed by atoms with Crippen LogP contribution in [0.3, 0.4) is 0 Å². The summed E-state index contributed by atoms with van der Waals surface area (Å²) in [4.78, 5) is 30.0. The molecule has 0 radical (unpaired) electrons. The first-order chi connectivity index (χ1) is 22.1. The zero-order valence-electron chi connectivity index (χ0n) is 27.0. The molecule has 0 aliphatic carbocycles. The summed E-state index contributed by atoms with van der Waals surface area (Å²) in [5.41, 5.74) is 3.85. The van der Waals surface area contributed by atoms with E-state index in [2.05, 4.69) is 5.32 Å². The second kappa shape index (κ2) is 16.1. The molecular formula is C37H43N3O5S. The summed E-state index contributed by atoms with van der Waals surface area (Å²) in [6.07, 6.45) is 0.987. The highest BCUT2D eigenvalue weighted by Crippen LogP contribution is 2.33. The fourth-order valence-electron chi connectivity index (χ4n) is 5.18. The minimum atomic E-state index is -4.24. The van der Waals surface area contributed by atoms with Crippen LogP contribution in [0.2, 0.25) is 0 Å². The van der Waals surface area contributed by atoms with Gasteiger partial charge in [0.05, 0.1) is 17.2 Å². The Hall–Kier alpha value is -4.63. The number of nitrogens with one attached hydrogen (secondary N) is 1. The Bertz CT molecular complexity index is 1710. The van der Waals surface area contributed by atoms with Crippen LogP contribution in [0.4, 0.5) is 5.69 Å². The Balaban J connectivity index is 1.84. The Morgan fingerprint density at radius 1 is 0.826 bits per heavy atom. The number of ether oxygens (including phenoxy) is 1. The summed E-state index contributed by atoms with van der Waals surface area (Å²) >= 11 is 0. The van der Waals surface area contributed by atoms with Crippen LogP contribution >= 0.6 is 0 Å².